The van der Waals surface area contributed by atoms with Gasteiger partial charge in [0.15, 0.2) is 0 Å². The Morgan fingerprint density at radius 3 is 2.33 bits per heavy atom. The first kappa shape index (κ1) is 18.4. The molecule has 1 heterocycles. The molecule has 0 radical (unpaired) electrons. The van der Waals surface area contributed by atoms with Gasteiger partial charge in [-0.1, -0.05) is 12.1 Å². The SMILES string of the molecule is CN(CCc1ccncc1)CC(C)(O)c1cccc(C(F)(F)F)c1. The van der Waals surface area contributed by atoms with E-state index in [1.165, 1.54) is 19.1 Å². The molecule has 1 atom stereocenters. The van der Waals surface area contributed by atoms with Gasteiger partial charge in [-0.3, -0.25) is 4.98 Å². The number of alkyl halides is 3. The van der Waals surface area contributed by atoms with Crippen LogP contribution in [-0.2, 0) is 18.2 Å². The molecule has 2 aromatic rings. The highest BCUT2D eigenvalue weighted by Crippen LogP contribution is 2.32. The standard InChI is InChI=1S/C18H21F3N2O/c1-17(24,15-4-3-5-16(12-15)18(19,20)21)13-23(2)11-8-14-6-9-22-10-7-14/h3-7,9-10,12,24H,8,11,13H2,1-2H3. The maximum atomic E-state index is 12.8. The minimum atomic E-state index is -4.42. The summed E-state index contributed by atoms with van der Waals surface area (Å²) in [5, 5.41) is 10.6. The highest BCUT2D eigenvalue weighted by Gasteiger charge is 2.33. The first-order chi connectivity index (χ1) is 11.2. The molecule has 2 rings (SSSR count). The van der Waals surface area contributed by atoms with Gasteiger partial charge in [-0.25, -0.2) is 0 Å². The summed E-state index contributed by atoms with van der Waals surface area (Å²) < 4.78 is 38.5. The van der Waals surface area contributed by atoms with E-state index in [4.69, 9.17) is 0 Å². The molecule has 0 saturated carbocycles. The first-order valence-electron chi connectivity index (χ1n) is 7.66. The van der Waals surface area contributed by atoms with Gasteiger partial charge in [0, 0.05) is 25.5 Å². The van der Waals surface area contributed by atoms with Crippen molar-refractivity contribution in [3.63, 3.8) is 0 Å². The van der Waals surface area contributed by atoms with Crippen molar-refractivity contribution < 1.29 is 18.3 Å². The molecule has 0 aliphatic rings. The summed E-state index contributed by atoms with van der Waals surface area (Å²) in [5.74, 6) is 0. The third-order valence-corrected chi connectivity index (χ3v) is 3.92. The minimum Gasteiger partial charge on any atom is -0.384 e. The summed E-state index contributed by atoms with van der Waals surface area (Å²) in [4.78, 5) is 5.86. The number of hydrogen-bond donors (Lipinski definition) is 1. The number of likely N-dealkylation sites (N-methyl/N-ethyl adjacent to an activating group) is 1. The van der Waals surface area contributed by atoms with E-state index in [2.05, 4.69) is 4.98 Å². The Morgan fingerprint density at radius 2 is 1.71 bits per heavy atom. The number of rotatable bonds is 6. The van der Waals surface area contributed by atoms with Gasteiger partial charge in [-0.15, -0.1) is 0 Å². The van der Waals surface area contributed by atoms with Crippen molar-refractivity contribution in [2.24, 2.45) is 0 Å². The van der Waals surface area contributed by atoms with Gasteiger partial charge in [0.2, 0.25) is 0 Å². The Hall–Kier alpha value is -1.92. The van der Waals surface area contributed by atoms with Gasteiger partial charge in [0.1, 0.15) is 0 Å². The second-order valence-corrected chi connectivity index (χ2v) is 6.20. The van der Waals surface area contributed by atoms with E-state index in [-0.39, 0.29) is 12.1 Å². The van der Waals surface area contributed by atoms with Crippen LogP contribution in [0.3, 0.4) is 0 Å². The lowest BCUT2D eigenvalue weighted by atomic mass is 9.93. The largest absolute Gasteiger partial charge is 0.416 e. The van der Waals surface area contributed by atoms with Gasteiger partial charge in [0.25, 0.3) is 0 Å². The molecular weight excluding hydrogens is 317 g/mol. The second-order valence-electron chi connectivity index (χ2n) is 6.20. The summed E-state index contributed by atoms with van der Waals surface area (Å²) in [6, 6.07) is 8.69. The Labute approximate surface area is 139 Å². The molecule has 3 nitrogen and oxygen atoms in total. The zero-order chi connectivity index (χ0) is 17.8. The number of aromatic nitrogens is 1. The van der Waals surface area contributed by atoms with Crippen LogP contribution in [0.2, 0.25) is 0 Å². The molecule has 24 heavy (non-hydrogen) atoms. The molecule has 1 aromatic carbocycles. The summed E-state index contributed by atoms with van der Waals surface area (Å²) in [7, 11) is 1.84. The van der Waals surface area contributed by atoms with Crippen LogP contribution in [0.1, 0.15) is 23.6 Å². The molecule has 0 bridgehead atoms. The molecule has 130 valence electrons. The van der Waals surface area contributed by atoms with E-state index in [0.717, 1.165) is 24.1 Å². The number of halogens is 3. The third-order valence-electron chi connectivity index (χ3n) is 3.92. The van der Waals surface area contributed by atoms with Gasteiger partial charge in [0.05, 0.1) is 11.2 Å². The Morgan fingerprint density at radius 1 is 1.08 bits per heavy atom. The van der Waals surface area contributed by atoms with Gasteiger partial charge in [-0.2, -0.15) is 13.2 Å². The fourth-order valence-electron chi connectivity index (χ4n) is 2.60. The highest BCUT2D eigenvalue weighted by atomic mass is 19.4. The zero-order valence-electron chi connectivity index (χ0n) is 13.7. The highest BCUT2D eigenvalue weighted by molar-refractivity contribution is 5.29. The quantitative estimate of drug-likeness (QED) is 0.876. The van der Waals surface area contributed by atoms with Crippen molar-refractivity contribution in [2.75, 3.05) is 20.1 Å². The fraction of sp³-hybridized carbons (Fsp3) is 0.389. The van der Waals surface area contributed by atoms with E-state index >= 15 is 0 Å². The molecule has 0 spiro atoms. The van der Waals surface area contributed by atoms with Crippen LogP contribution in [-0.4, -0.2) is 35.1 Å². The molecule has 0 amide bonds. The Kier molecular flexibility index (Phi) is 5.62. The van der Waals surface area contributed by atoms with E-state index in [0.29, 0.717) is 6.54 Å². The van der Waals surface area contributed by atoms with Crippen molar-refractivity contribution >= 4 is 0 Å². The summed E-state index contributed by atoms with van der Waals surface area (Å²) in [6.07, 6.45) is -0.209. The second kappa shape index (κ2) is 7.32. The molecule has 1 aromatic heterocycles. The lowest BCUT2D eigenvalue weighted by Crippen LogP contribution is -2.37. The van der Waals surface area contributed by atoms with Crippen LogP contribution in [0, 0.1) is 0 Å². The van der Waals surface area contributed by atoms with Crippen molar-refractivity contribution in [1.82, 2.24) is 9.88 Å². The number of pyridine rings is 1. The van der Waals surface area contributed by atoms with Crippen LogP contribution < -0.4 is 0 Å². The van der Waals surface area contributed by atoms with Crippen molar-refractivity contribution in [3.05, 3.63) is 65.5 Å². The van der Waals surface area contributed by atoms with Crippen molar-refractivity contribution in [3.8, 4) is 0 Å². The normalized spacial score (nSPS) is 14.6. The van der Waals surface area contributed by atoms with Gasteiger partial charge in [-0.05, 0) is 55.8 Å². The number of benzene rings is 1. The number of hydrogen-bond acceptors (Lipinski definition) is 3. The predicted molar refractivity (Wildman–Crippen MR) is 86.5 cm³/mol. The average Bonchev–Trinajstić information content (AvgIpc) is 2.53. The summed E-state index contributed by atoms with van der Waals surface area (Å²) >= 11 is 0. The van der Waals surface area contributed by atoms with Crippen LogP contribution in [0.15, 0.2) is 48.8 Å². The van der Waals surface area contributed by atoms with E-state index < -0.39 is 17.3 Å². The average molecular weight is 338 g/mol. The lowest BCUT2D eigenvalue weighted by molar-refractivity contribution is -0.137. The van der Waals surface area contributed by atoms with Gasteiger partial charge < -0.3 is 10.0 Å². The molecule has 0 aliphatic carbocycles. The zero-order valence-corrected chi connectivity index (χ0v) is 13.7. The third kappa shape index (κ3) is 5.04. The topological polar surface area (TPSA) is 36.4 Å². The van der Waals surface area contributed by atoms with Gasteiger partial charge >= 0.3 is 6.18 Å². The Bertz CT molecular complexity index is 657. The fourth-order valence-corrected chi connectivity index (χ4v) is 2.60. The maximum Gasteiger partial charge on any atom is 0.416 e. The summed E-state index contributed by atoms with van der Waals surface area (Å²) in [5.41, 5.74) is -0.739. The molecule has 6 heteroatoms. The van der Waals surface area contributed by atoms with Crippen LogP contribution in [0.25, 0.3) is 0 Å². The lowest BCUT2D eigenvalue weighted by Gasteiger charge is -2.30. The van der Waals surface area contributed by atoms with Crippen molar-refractivity contribution in [2.45, 2.75) is 25.1 Å². The van der Waals surface area contributed by atoms with E-state index in [1.54, 1.807) is 12.4 Å². The van der Waals surface area contributed by atoms with Crippen LogP contribution >= 0.6 is 0 Å². The number of aliphatic hydroxyl groups is 1. The molecule has 0 saturated heterocycles. The summed E-state index contributed by atoms with van der Waals surface area (Å²) in [6.45, 7) is 2.45. The van der Waals surface area contributed by atoms with Crippen LogP contribution in [0.4, 0.5) is 13.2 Å². The van der Waals surface area contributed by atoms with E-state index in [9.17, 15) is 18.3 Å². The predicted octanol–water partition coefficient (Wildman–Crippen LogP) is 3.48. The Balaban J connectivity index is 2.02. The van der Waals surface area contributed by atoms with Crippen molar-refractivity contribution in [1.29, 1.82) is 0 Å². The van der Waals surface area contributed by atoms with Crippen LogP contribution in [0.5, 0.6) is 0 Å². The molecule has 0 aliphatic heterocycles. The molecule has 1 N–H and O–H groups in total. The number of nitrogens with zero attached hydrogens (tertiary/aromatic N) is 2. The van der Waals surface area contributed by atoms with E-state index in [1.807, 2.05) is 24.1 Å². The monoisotopic (exact) mass is 338 g/mol. The minimum absolute atomic E-state index is 0.236. The first-order valence-corrected chi connectivity index (χ1v) is 7.66. The molecular formula is C18H21F3N2O. The molecule has 0 fully saturated rings. The smallest absolute Gasteiger partial charge is 0.384 e. The maximum absolute atomic E-state index is 12.8. The molecule has 1 unspecified atom stereocenters.